The fourth-order valence-electron chi connectivity index (χ4n) is 3.88. The van der Waals surface area contributed by atoms with Gasteiger partial charge in [0.1, 0.15) is 23.5 Å². The van der Waals surface area contributed by atoms with Gasteiger partial charge in [0.2, 0.25) is 5.88 Å². The molecule has 1 atom stereocenters. The number of ether oxygens (including phenoxy) is 1. The fraction of sp³-hybridized carbons (Fsp3) is 0.364. The van der Waals surface area contributed by atoms with Crippen molar-refractivity contribution < 1.29 is 23.1 Å². The van der Waals surface area contributed by atoms with E-state index in [2.05, 4.69) is 10.1 Å². The third-order valence-corrected chi connectivity index (χ3v) is 5.29. The molecule has 0 spiro atoms. The minimum Gasteiger partial charge on any atom is -0.491 e. The topological polar surface area (TPSA) is 68.4 Å². The molecule has 0 radical (unpaired) electrons. The van der Waals surface area contributed by atoms with Gasteiger partial charge < -0.3 is 14.4 Å². The van der Waals surface area contributed by atoms with E-state index in [0.717, 1.165) is 25.7 Å². The Kier molecular flexibility index (Phi) is 5.47. The lowest BCUT2D eigenvalue weighted by atomic mass is 9.93. The van der Waals surface area contributed by atoms with Crippen LogP contribution in [0.3, 0.4) is 0 Å². The number of hydrogen-bond acceptors (Lipinski definition) is 5. The first-order valence-electron chi connectivity index (χ1n) is 9.77. The van der Waals surface area contributed by atoms with Crippen molar-refractivity contribution in [1.29, 1.82) is 0 Å². The van der Waals surface area contributed by atoms with Crippen molar-refractivity contribution in [3.63, 3.8) is 0 Å². The molecule has 1 aliphatic carbocycles. The van der Waals surface area contributed by atoms with Crippen LogP contribution in [-0.4, -0.2) is 21.4 Å². The van der Waals surface area contributed by atoms with Crippen molar-refractivity contribution in [3.05, 3.63) is 59.5 Å². The van der Waals surface area contributed by atoms with Gasteiger partial charge in [0.15, 0.2) is 0 Å². The first kappa shape index (κ1) is 19.4. The van der Waals surface area contributed by atoms with E-state index in [1.54, 1.807) is 25.3 Å². The van der Waals surface area contributed by atoms with E-state index in [0.29, 0.717) is 22.8 Å². The molecule has 1 saturated carbocycles. The molecule has 29 heavy (non-hydrogen) atoms. The average Bonchev–Trinajstić information content (AvgIpc) is 3.33. The minimum atomic E-state index is -0.646. The molecule has 4 rings (SSSR count). The Balaban J connectivity index is 1.62. The molecule has 2 aromatic heterocycles. The zero-order valence-corrected chi connectivity index (χ0v) is 16.1. The molecule has 0 saturated heterocycles. The minimum absolute atomic E-state index is 0.0354. The van der Waals surface area contributed by atoms with Crippen molar-refractivity contribution in [1.82, 2.24) is 10.1 Å². The summed E-state index contributed by atoms with van der Waals surface area (Å²) in [7, 11) is 0. The Morgan fingerprint density at radius 2 is 1.93 bits per heavy atom. The van der Waals surface area contributed by atoms with Crippen LogP contribution in [0.25, 0.3) is 11.1 Å². The van der Waals surface area contributed by atoms with Gasteiger partial charge in [0.05, 0.1) is 0 Å². The summed E-state index contributed by atoms with van der Waals surface area (Å²) >= 11 is 0. The number of nitrogens with zero attached hydrogens (tertiary/aromatic N) is 2. The lowest BCUT2D eigenvalue weighted by Gasteiger charge is -2.17. The van der Waals surface area contributed by atoms with E-state index in [1.807, 2.05) is 0 Å². The standard InChI is InChI=1S/C22H22F2N2O3/c1-13(9-16-12-20(27)26-29-16)21-18(23)10-14(11-19(21)24)17-7-4-8-25-22(17)28-15-5-2-3-6-15/h4,7-8,10-13,15H,2-3,5-6,9H2,1H3,(H,26,27). The van der Waals surface area contributed by atoms with Gasteiger partial charge in [0.25, 0.3) is 5.88 Å². The number of benzene rings is 1. The predicted octanol–water partition coefficient (Wildman–Crippen LogP) is 5.39. The van der Waals surface area contributed by atoms with Crippen molar-refractivity contribution >= 4 is 0 Å². The van der Waals surface area contributed by atoms with E-state index < -0.39 is 17.6 Å². The molecule has 1 fully saturated rings. The Morgan fingerprint density at radius 3 is 2.59 bits per heavy atom. The molecule has 1 aliphatic rings. The number of aromatic nitrogens is 2. The van der Waals surface area contributed by atoms with Crippen LogP contribution >= 0.6 is 0 Å². The van der Waals surface area contributed by atoms with Crippen LogP contribution in [0.15, 0.2) is 41.1 Å². The Labute approximate surface area is 167 Å². The van der Waals surface area contributed by atoms with E-state index in [4.69, 9.17) is 9.26 Å². The van der Waals surface area contributed by atoms with Crippen molar-refractivity contribution in [2.45, 2.75) is 51.0 Å². The van der Waals surface area contributed by atoms with Crippen LogP contribution in [0.5, 0.6) is 11.8 Å². The summed E-state index contributed by atoms with van der Waals surface area (Å²) in [6.45, 7) is 1.69. The molecule has 1 N–H and O–H groups in total. The van der Waals surface area contributed by atoms with Crippen LogP contribution in [0.4, 0.5) is 8.78 Å². The Bertz CT molecular complexity index is 976. The monoisotopic (exact) mass is 400 g/mol. The van der Waals surface area contributed by atoms with Gasteiger partial charge in [-0.05, 0) is 66.6 Å². The summed E-state index contributed by atoms with van der Waals surface area (Å²) in [5.41, 5.74) is 0.915. The van der Waals surface area contributed by atoms with E-state index in [-0.39, 0.29) is 24.0 Å². The Morgan fingerprint density at radius 1 is 1.21 bits per heavy atom. The molecule has 1 aromatic carbocycles. The van der Waals surface area contributed by atoms with Crippen LogP contribution in [0.2, 0.25) is 0 Å². The maximum atomic E-state index is 14.9. The smallest absolute Gasteiger partial charge is 0.251 e. The largest absolute Gasteiger partial charge is 0.491 e. The highest BCUT2D eigenvalue weighted by atomic mass is 19.1. The van der Waals surface area contributed by atoms with Gasteiger partial charge in [-0.25, -0.2) is 13.8 Å². The number of pyridine rings is 1. The normalized spacial score (nSPS) is 15.6. The van der Waals surface area contributed by atoms with Crippen molar-refractivity contribution in [3.8, 4) is 22.9 Å². The second-order valence-electron chi connectivity index (χ2n) is 7.49. The number of rotatable bonds is 6. The molecule has 0 aliphatic heterocycles. The lowest BCUT2D eigenvalue weighted by Crippen LogP contribution is -2.12. The number of halogens is 2. The van der Waals surface area contributed by atoms with Gasteiger partial charge >= 0.3 is 0 Å². The number of hydrogen-bond donors (Lipinski definition) is 1. The second kappa shape index (κ2) is 8.19. The first-order valence-corrected chi connectivity index (χ1v) is 9.77. The predicted molar refractivity (Wildman–Crippen MR) is 103 cm³/mol. The molecule has 3 aromatic rings. The number of aromatic hydroxyl groups is 1. The van der Waals surface area contributed by atoms with Crippen molar-refractivity contribution in [2.24, 2.45) is 0 Å². The highest BCUT2D eigenvalue weighted by Crippen LogP contribution is 2.35. The SMILES string of the molecule is CC(Cc1cc(O)no1)c1c(F)cc(-c2cccnc2OC2CCCC2)cc1F. The van der Waals surface area contributed by atoms with E-state index in [9.17, 15) is 13.9 Å². The molecular formula is C22H22F2N2O3. The Hall–Kier alpha value is -2.96. The van der Waals surface area contributed by atoms with E-state index in [1.165, 1.54) is 18.2 Å². The van der Waals surface area contributed by atoms with Gasteiger partial charge in [-0.3, -0.25) is 0 Å². The molecular weight excluding hydrogens is 378 g/mol. The maximum Gasteiger partial charge on any atom is 0.251 e. The molecule has 152 valence electrons. The third kappa shape index (κ3) is 4.23. The van der Waals surface area contributed by atoms with Gasteiger partial charge in [0, 0.05) is 29.8 Å². The first-order chi connectivity index (χ1) is 14.0. The molecule has 5 nitrogen and oxygen atoms in total. The zero-order valence-electron chi connectivity index (χ0n) is 16.1. The molecule has 0 amide bonds. The van der Waals surface area contributed by atoms with Gasteiger partial charge in [-0.15, -0.1) is 0 Å². The second-order valence-corrected chi connectivity index (χ2v) is 7.49. The summed E-state index contributed by atoms with van der Waals surface area (Å²) in [6, 6.07) is 7.44. The molecule has 2 heterocycles. The molecule has 7 heteroatoms. The van der Waals surface area contributed by atoms with Crippen LogP contribution < -0.4 is 4.74 Å². The molecule has 1 unspecified atom stereocenters. The molecule has 0 bridgehead atoms. The van der Waals surface area contributed by atoms with Crippen LogP contribution in [0.1, 0.15) is 49.8 Å². The fourth-order valence-corrected chi connectivity index (χ4v) is 3.88. The van der Waals surface area contributed by atoms with Crippen LogP contribution in [0, 0.1) is 11.6 Å². The zero-order chi connectivity index (χ0) is 20.4. The van der Waals surface area contributed by atoms with Gasteiger partial charge in [-0.2, -0.15) is 0 Å². The summed E-state index contributed by atoms with van der Waals surface area (Å²) in [4.78, 5) is 4.28. The third-order valence-electron chi connectivity index (χ3n) is 5.29. The summed E-state index contributed by atoms with van der Waals surface area (Å²) in [5.74, 6) is -1.29. The lowest BCUT2D eigenvalue weighted by molar-refractivity contribution is 0.202. The summed E-state index contributed by atoms with van der Waals surface area (Å²) in [5, 5.41) is 12.7. The van der Waals surface area contributed by atoms with Crippen LogP contribution in [-0.2, 0) is 6.42 Å². The highest BCUT2D eigenvalue weighted by Gasteiger charge is 2.23. The van der Waals surface area contributed by atoms with Crippen molar-refractivity contribution in [2.75, 3.05) is 0 Å². The summed E-state index contributed by atoms with van der Waals surface area (Å²) < 4.78 is 40.7. The maximum absolute atomic E-state index is 14.9. The highest BCUT2D eigenvalue weighted by molar-refractivity contribution is 5.69. The average molecular weight is 400 g/mol. The van der Waals surface area contributed by atoms with E-state index >= 15 is 0 Å². The van der Waals surface area contributed by atoms with Gasteiger partial charge in [-0.1, -0.05) is 6.92 Å². The quantitative estimate of drug-likeness (QED) is 0.601. The summed E-state index contributed by atoms with van der Waals surface area (Å²) in [6.07, 6.45) is 6.08.